The van der Waals surface area contributed by atoms with Crippen molar-refractivity contribution in [2.45, 2.75) is 51.1 Å². The Labute approximate surface area is 173 Å². The Kier molecular flexibility index (Phi) is 11.1. The van der Waals surface area contributed by atoms with E-state index in [1.165, 1.54) is 19.3 Å². The van der Waals surface area contributed by atoms with Crippen molar-refractivity contribution in [2.24, 2.45) is 4.99 Å². The van der Waals surface area contributed by atoms with Gasteiger partial charge in [0.15, 0.2) is 5.96 Å². The van der Waals surface area contributed by atoms with Gasteiger partial charge < -0.3 is 20.7 Å². The van der Waals surface area contributed by atoms with Crippen LogP contribution in [0, 0.1) is 0 Å². The zero-order chi connectivity index (χ0) is 17.9. The molecule has 0 aliphatic heterocycles. The highest BCUT2D eigenvalue weighted by Gasteiger charge is 2.15. The van der Waals surface area contributed by atoms with Gasteiger partial charge in [0.1, 0.15) is 5.75 Å². The minimum atomic E-state index is 0. The zero-order valence-electron chi connectivity index (χ0n) is 15.7. The van der Waals surface area contributed by atoms with Gasteiger partial charge in [-0.1, -0.05) is 31.4 Å². The van der Waals surface area contributed by atoms with Crippen molar-refractivity contribution >= 4 is 35.8 Å². The summed E-state index contributed by atoms with van der Waals surface area (Å²) in [5.74, 6) is 1.65. The second-order valence-corrected chi connectivity index (χ2v) is 6.35. The molecule has 0 spiro atoms. The molecule has 3 N–H and O–H groups in total. The van der Waals surface area contributed by atoms with E-state index in [1.807, 2.05) is 24.3 Å². The monoisotopic (exact) mass is 474 g/mol. The van der Waals surface area contributed by atoms with Crippen LogP contribution in [-0.4, -0.2) is 38.6 Å². The van der Waals surface area contributed by atoms with Crippen LogP contribution in [0.3, 0.4) is 0 Å². The number of nitrogens with one attached hydrogen (secondary N) is 3. The fourth-order valence-corrected chi connectivity index (χ4v) is 2.99. The van der Waals surface area contributed by atoms with Crippen LogP contribution in [0.15, 0.2) is 29.3 Å². The molecular weight excluding hydrogens is 443 g/mol. The van der Waals surface area contributed by atoms with E-state index in [0.717, 1.165) is 24.2 Å². The SMILES string of the molecule is CN=C(NCCC(=O)NC1CCCCC1)NCc1ccc(OC)cc1.I. The van der Waals surface area contributed by atoms with E-state index in [9.17, 15) is 4.79 Å². The molecule has 0 unspecified atom stereocenters. The van der Waals surface area contributed by atoms with E-state index in [0.29, 0.717) is 31.5 Å². The summed E-state index contributed by atoms with van der Waals surface area (Å²) in [5, 5.41) is 9.56. The van der Waals surface area contributed by atoms with Crippen molar-refractivity contribution in [2.75, 3.05) is 20.7 Å². The number of halogens is 1. The molecule has 1 aromatic rings. The molecule has 7 heteroatoms. The second-order valence-electron chi connectivity index (χ2n) is 6.35. The standard InChI is InChI=1S/C19H30N4O2.HI/c1-20-19(22-14-15-8-10-17(25-2)11-9-15)21-13-12-18(24)23-16-6-4-3-5-7-16;/h8-11,16H,3-7,12-14H2,1-2H3,(H,23,24)(H2,20,21,22);1H. The summed E-state index contributed by atoms with van der Waals surface area (Å²) < 4.78 is 5.15. The molecule has 1 aliphatic rings. The van der Waals surface area contributed by atoms with Gasteiger partial charge in [-0.3, -0.25) is 9.79 Å². The normalized spacial score (nSPS) is 14.9. The van der Waals surface area contributed by atoms with Gasteiger partial charge in [0, 0.05) is 32.6 Å². The summed E-state index contributed by atoms with van der Waals surface area (Å²) in [6, 6.07) is 8.26. The highest BCUT2D eigenvalue weighted by Crippen LogP contribution is 2.17. The van der Waals surface area contributed by atoms with Crippen LogP contribution in [-0.2, 0) is 11.3 Å². The Bertz CT molecular complexity index is 557. The van der Waals surface area contributed by atoms with Crippen LogP contribution < -0.4 is 20.7 Å². The topological polar surface area (TPSA) is 74.8 Å². The first kappa shape index (κ1) is 22.5. The van der Waals surface area contributed by atoms with Crippen molar-refractivity contribution < 1.29 is 9.53 Å². The maximum absolute atomic E-state index is 12.0. The van der Waals surface area contributed by atoms with Crippen LogP contribution >= 0.6 is 24.0 Å². The number of benzene rings is 1. The molecule has 6 nitrogen and oxygen atoms in total. The van der Waals surface area contributed by atoms with Crippen molar-refractivity contribution in [3.63, 3.8) is 0 Å². The highest BCUT2D eigenvalue weighted by molar-refractivity contribution is 14.0. The Morgan fingerprint density at radius 3 is 2.46 bits per heavy atom. The molecule has 146 valence electrons. The Morgan fingerprint density at radius 1 is 1.15 bits per heavy atom. The minimum absolute atomic E-state index is 0. The van der Waals surface area contributed by atoms with Crippen molar-refractivity contribution in [1.82, 2.24) is 16.0 Å². The van der Waals surface area contributed by atoms with E-state index in [-0.39, 0.29) is 29.9 Å². The van der Waals surface area contributed by atoms with Gasteiger partial charge in [-0.2, -0.15) is 0 Å². The highest BCUT2D eigenvalue weighted by atomic mass is 127. The van der Waals surface area contributed by atoms with Gasteiger partial charge in [0.2, 0.25) is 5.91 Å². The van der Waals surface area contributed by atoms with E-state index in [1.54, 1.807) is 14.2 Å². The summed E-state index contributed by atoms with van der Waals surface area (Å²) in [7, 11) is 3.38. The molecule has 2 rings (SSSR count). The molecular formula is C19H31IN4O2. The number of carbonyl (C=O) groups is 1. The summed E-state index contributed by atoms with van der Waals surface area (Å²) in [6.07, 6.45) is 6.44. The largest absolute Gasteiger partial charge is 0.497 e. The Morgan fingerprint density at radius 2 is 1.85 bits per heavy atom. The molecule has 0 saturated heterocycles. The number of aliphatic imine (C=N–C) groups is 1. The molecule has 0 atom stereocenters. The van der Waals surface area contributed by atoms with Gasteiger partial charge in [-0.05, 0) is 30.5 Å². The molecule has 1 fully saturated rings. The average Bonchev–Trinajstić information content (AvgIpc) is 2.65. The van der Waals surface area contributed by atoms with Crippen molar-refractivity contribution in [1.29, 1.82) is 0 Å². The maximum atomic E-state index is 12.0. The van der Waals surface area contributed by atoms with Crippen LogP contribution in [0.25, 0.3) is 0 Å². The number of guanidine groups is 1. The van der Waals surface area contributed by atoms with Crippen molar-refractivity contribution in [3.8, 4) is 5.75 Å². The van der Waals surface area contributed by atoms with E-state index < -0.39 is 0 Å². The summed E-state index contributed by atoms with van der Waals surface area (Å²) >= 11 is 0. The first-order chi connectivity index (χ1) is 12.2. The van der Waals surface area contributed by atoms with Gasteiger partial charge in [-0.15, -0.1) is 24.0 Å². The van der Waals surface area contributed by atoms with Gasteiger partial charge in [0.25, 0.3) is 0 Å². The summed E-state index contributed by atoms with van der Waals surface area (Å²) in [5.41, 5.74) is 1.14. The lowest BCUT2D eigenvalue weighted by molar-refractivity contribution is -0.121. The summed E-state index contributed by atoms with van der Waals surface area (Å²) in [4.78, 5) is 16.2. The minimum Gasteiger partial charge on any atom is -0.497 e. The molecule has 1 aromatic carbocycles. The predicted molar refractivity (Wildman–Crippen MR) is 116 cm³/mol. The molecule has 0 heterocycles. The van der Waals surface area contributed by atoms with Crippen LogP contribution in [0.4, 0.5) is 0 Å². The number of nitrogens with zero attached hydrogens (tertiary/aromatic N) is 1. The fourth-order valence-electron chi connectivity index (χ4n) is 2.99. The molecule has 26 heavy (non-hydrogen) atoms. The molecule has 1 saturated carbocycles. The molecule has 1 aliphatic carbocycles. The number of rotatable bonds is 7. The number of amides is 1. The summed E-state index contributed by atoms with van der Waals surface area (Å²) in [6.45, 7) is 1.23. The van der Waals surface area contributed by atoms with E-state index in [2.05, 4.69) is 20.9 Å². The molecule has 0 aromatic heterocycles. The lowest BCUT2D eigenvalue weighted by Gasteiger charge is -2.22. The number of carbonyl (C=O) groups excluding carboxylic acids is 1. The number of methoxy groups -OCH3 is 1. The fraction of sp³-hybridized carbons (Fsp3) is 0.579. The first-order valence-electron chi connectivity index (χ1n) is 9.08. The third kappa shape index (κ3) is 8.25. The average molecular weight is 474 g/mol. The third-order valence-corrected chi connectivity index (χ3v) is 4.46. The predicted octanol–water partition coefficient (Wildman–Crippen LogP) is 2.82. The van der Waals surface area contributed by atoms with E-state index in [4.69, 9.17) is 4.74 Å². The number of hydrogen-bond acceptors (Lipinski definition) is 3. The quantitative estimate of drug-likeness (QED) is 0.323. The van der Waals surface area contributed by atoms with Gasteiger partial charge in [-0.25, -0.2) is 0 Å². The molecule has 0 bridgehead atoms. The smallest absolute Gasteiger partial charge is 0.221 e. The lowest BCUT2D eigenvalue weighted by atomic mass is 9.95. The Hall–Kier alpha value is -1.51. The maximum Gasteiger partial charge on any atom is 0.221 e. The number of hydrogen-bond donors (Lipinski definition) is 3. The van der Waals surface area contributed by atoms with Gasteiger partial charge in [0.05, 0.1) is 7.11 Å². The Balaban J connectivity index is 0.00000338. The number of ether oxygens (including phenoxy) is 1. The first-order valence-corrected chi connectivity index (χ1v) is 9.08. The van der Waals surface area contributed by atoms with Crippen LogP contribution in [0.1, 0.15) is 44.1 Å². The zero-order valence-corrected chi connectivity index (χ0v) is 18.0. The van der Waals surface area contributed by atoms with Gasteiger partial charge >= 0.3 is 0 Å². The second kappa shape index (κ2) is 12.8. The van der Waals surface area contributed by atoms with Crippen LogP contribution in [0.5, 0.6) is 5.75 Å². The third-order valence-electron chi connectivity index (χ3n) is 4.46. The van der Waals surface area contributed by atoms with E-state index >= 15 is 0 Å². The molecule has 1 amide bonds. The van der Waals surface area contributed by atoms with Crippen molar-refractivity contribution in [3.05, 3.63) is 29.8 Å². The lowest BCUT2D eigenvalue weighted by Crippen LogP contribution is -2.41. The molecule has 0 radical (unpaired) electrons. The van der Waals surface area contributed by atoms with Crippen LogP contribution in [0.2, 0.25) is 0 Å².